The van der Waals surface area contributed by atoms with Gasteiger partial charge in [-0.2, -0.15) is 0 Å². The summed E-state index contributed by atoms with van der Waals surface area (Å²) < 4.78 is 5.18. The van der Waals surface area contributed by atoms with E-state index in [1.165, 1.54) is 11.8 Å². The zero-order chi connectivity index (χ0) is 18.0. The van der Waals surface area contributed by atoms with Crippen molar-refractivity contribution in [2.24, 2.45) is 0 Å². The first-order valence-corrected chi connectivity index (χ1v) is 9.42. The number of hydrogen-bond acceptors (Lipinski definition) is 5. The van der Waals surface area contributed by atoms with E-state index in [0.29, 0.717) is 11.3 Å². The number of esters is 1. The molecular formula is C18H22N2O4S. The van der Waals surface area contributed by atoms with E-state index in [4.69, 9.17) is 4.74 Å². The summed E-state index contributed by atoms with van der Waals surface area (Å²) in [5.41, 5.74) is 0.937. The Morgan fingerprint density at radius 3 is 2.88 bits per heavy atom. The van der Waals surface area contributed by atoms with Gasteiger partial charge in [0.15, 0.2) is 6.61 Å². The van der Waals surface area contributed by atoms with Crippen LogP contribution in [0.25, 0.3) is 0 Å². The van der Waals surface area contributed by atoms with Crippen molar-refractivity contribution in [2.45, 2.75) is 49.3 Å². The summed E-state index contributed by atoms with van der Waals surface area (Å²) in [6.45, 7) is 4.32. The Kier molecular flexibility index (Phi) is 5.32. The summed E-state index contributed by atoms with van der Waals surface area (Å²) in [7, 11) is 0. The van der Waals surface area contributed by atoms with Gasteiger partial charge in [0.1, 0.15) is 0 Å². The second-order valence-corrected chi connectivity index (χ2v) is 7.85. The number of fused-ring (bicyclic) bond motifs is 1. The SMILES string of the molecule is CC1Sc2ccc(C(=O)OCC(=O)N3CCCCC3C)cc2NC1=O. The summed E-state index contributed by atoms with van der Waals surface area (Å²) in [6, 6.07) is 5.24. The predicted octanol–water partition coefficient (Wildman–Crippen LogP) is 2.68. The maximum atomic E-state index is 12.2. The Labute approximate surface area is 151 Å². The second-order valence-electron chi connectivity index (χ2n) is 6.47. The van der Waals surface area contributed by atoms with Crippen molar-refractivity contribution in [3.05, 3.63) is 23.8 Å². The number of piperidine rings is 1. The number of hydrogen-bond donors (Lipinski definition) is 1. The van der Waals surface area contributed by atoms with E-state index in [9.17, 15) is 14.4 Å². The number of amides is 2. The molecule has 3 rings (SSSR count). The summed E-state index contributed by atoms with van der Waals surface area (Å²) in [5, 5.41) is 2.63. The highest BCUT2D eigenvalue weighted by Crippen LogP contribution is 2.36. The lowest BCUT2D eigenvalue weighted by atomic mass is 10.0. The van der Waals surface area contributed by atoms with Crippen molar-refractivity contribution in [2.75, 3.05) is 18.5 Å². The van der Waals surface area contributed by atoms with E-state index in [0.717, 1.165) is 30.7 Å². The molecule has 0 bridgehead atoms. The molecule has 25 heavy (non-hydrogen) atoms. The number of carbonyl (C=O) groups excluding carboxylic acids is 3. The quantitative estimate of drug-likeness (QED) is 0.837. The van der Waals surface area contributed by atoms with Crippen molar-refractivity contribution in [1.29, 1.82) is 0 Å². The Morgan fingerprint density at radius 1 is 1.32 bits per heavy atom. The van der Waals surface area contributed by atoms with E-state index in [1.807, 2.05) is 13.8 Å². The monoisotopic (exact) mass is 362 g/mol. The van der Waals surface area contributed by atoms with E-state index in [2.05, 4.69) is 5.32 Å². The number of anilines is 1. The summed E-state index contributed by atoms with van der Waals surface area (Å²) >= 11 is 1.45. The van der Waals surface area contributed by atoms with Gasteiger partial charge in [0.2, 0.25) is 5.91 Å². The number of rotatable bonds is 3. The van der Waals surface area contributed by atoms with Gasteiger partial charge >= 0.3 is 5.97 Å². The lowest BCUT2D eigenvalue weighted by Crippen LogP contribution is -2.44. The molecule has 1 aromatic carbocycles. The smallest absolute Gasteiger partial charge is 0.338 e. The molecule has 1 N–H and O–H groups in total. The van der Waals surface area contributed by atoms with E-state index in [-0.39, 0.29) is 29.7 Å². The minimum Gasteiger partial charge on any atom is -0.452 e. The zero-order valence-corrected chi connectivity index (χ0v) is 15.2. The lowest BCUT2D eigenvalue weighted by Gasteiger charge is -2.33. The average molecular weight is 362 g/mol. The zero-order valence-electron chi connectivity index (χ0n) is 14.4. The second kappa shape index (κ2) is 7.47. The molecule has 2 unspecified atom stereocenters. The minimum atomic E-state index is -0.557. The van der Waals surface area contributed by atoms with E-state index < -0.39 is 5.97 Å². The first-order valence-electron chi connectivity index (χ1n) is 8.54. The van der Waals surface area contributed by atoms with Crippen LogP contribution in [0, 0.1) is 0 Å². The number of carbonyl (C=O) groups is 3. The largest absolute Gasteiger partial charge is 0.452 e. The standard InChI is InChI=1S/C18H22N2O4S/c1-11-5-3-4-8-20(11)16(21)10-24-18(23)13-6-7-15-14(9-13)19-17(22)12(2)25-15/h6-7,9,11-12H,3-5,8,10H2,1-2H3,(H,19,22). The molecule has 1 aromatic rings. The fourth-order valence-electron chi connectivity index (χ4n) is 3.10. The van der Waals surface area contributed by atoms with Crippen LogP contribution in [0.2, 0.25) is 0 Å². The molecule has 2 amide bonds. The van der Waals surface area contributed by atoms with Gasteiger partial charge in [0.05, 0.1) is 16.5 Å². The van der Waals surface area contributed by atoms with Gasteiger partial charge in [-0.25, -0.2) is 4.79 Å². The molecule has 1 fully saturated rings. The molecule has 0 aliphatic carbocycles. The molecule has 2 heterocycles. The first-order chi connectivity index (χ1) is 12.0. The number of nitrogens with zero attached hydrogens (tertiary/aromatic N) is 1. The highest BCUT2D eigenvalue weighted by molar-refractivity contribution is 8.00. The van der Waals surface area contributed by atoms with Crippen LogP contribution >= 0.6 is 11.8 Å². The molecule has 134 valence electrons. The van der Waals surface area contributed by atoms with Crippen LogP contribution in [0.3, 0.4) is 0 Å². The number of thioether (sulfide) groups is 1. The molecule has 0 aromatic heterocycles. The molecule has 0 spiro atoms. The number of ether oxygens (including phenoxy) is 1. The molecule has 2 aliphatic rings. The molecule has 2 atom stereocenters. The average Bonchev–Trinajstić information content (AvgIpc) is 2.60. The maximum Gasteiger partial charge on any atom is 0.338 e. The van der Waals surface area contributed by atoms with Crippen LogP contribution in [0.5, 0.6) is 0 Å². The Hall–Kier alpha value is -2.02. The van der Waals surface area contributed by atoms with E-state index >= 15 is 0 Å². The third kappa shape index (κ3) is 3.98. The van der Waals surface area contributed by atoms with Crippen LogP contribution in [-0.2, 0) is 14.3 Å². The number of benzene rings is 1. The first kappa shape index (κ1) is 17.8. The fraction of sp³-hybridized carbons (Fsp3) is 0.500. The third-order valence-electron chi connectivity index (χ3n) is 4.60. The van der Waals surface area contributed by atoms with E-state index in [1.54, 1.807) is 23.1 Å². The molecule has 2 aliphatic heterocycles. The molecular weight excluding hydrogens is 340 g/mol. The van der Waals surface area contributed by atoms with Gasteiger partial charge in [0.25, 0.3) is 5.91 Å². The van der Waals surface area contributed by atoms with Crippen molar-refractivity contribution in [3.8, 4) is 0 Å². The van der Waals surface area contributed by atoms with Crippen molar-refractivity contribution < 1.29 is 19.1 Å². The van der Waals surface area contributed by atoms with Crippen LogP contribution in [-0.4, -0.2) is 47.1 Å². The predicted molar refractivity (Wildman–Crippen MR) is 95.7 cm³/mol. The van der Waals surface area contributed by atoms with Crippen molar-refractivity contribution >= 4 is 35.2 Å². The fourth-order valence-corrected chi connectivity index (χ4v) is 4.03. The van der Waals surface area contributed by atoms with Crippen LogP contribution < -0.4 is 5.32 Å². The number of nitrogens with one attached hydrogen (secondary N) is 1. The summed E-state index contributed by atoms with van der Waals surface area (Å²) in [5.74, 6) is -0.799. The van der Waals surface area contributed by atoms with Gasteiger partial charge in [-0.05, 0) is 51.3 Å². The van der Waals surface area contributed by atoms with Gasteiger partial charge in [-0.1, -0.05) is 0 Å². The third-order valence-corrected chi connectivity index (χ3v) is 5.77. The minimum absolute atomic E-state index is 0.0859. The molecule has 7 heteroatoms. The van der Waals surface area contributed by atoms with Gasteiger partial charge < -0.3 is 15.0 Å². The normalized spacial score (nSPS) is 22.8. The van der Waals surface area contributed by atoms with Gasteiger partial charge in [-0.15, -0.1) is 11.8 Å². The summed E-state index contributed by atoms with van der Waals surface area (Å²) in [6.07, 6.45) is 3.10. The number of likely N-dealkylation sites (tertiary alicyclic amines) is 1. The van der Waals surface area contributed by atoms with Crippen LogP contribution in [0.15, 0.2) is 23.1 Å². The molecule has 0 radical (unpaired) electrons. The van der Waals surface area contributed by atoms with Crippen LogP contribution in [0.4, 0.5) is 5.69 Å². The molecule has 1 saturated heterocycles. The maximum absolute atomic E-state index is 12.2. The van der Waals surface area contributed by atoms with Crippen molar-refractivity contribution in [3.63, 3.8) is 0 Å². The van der Waals surface area contributed by atoms with Gasteiger partial charge in [-0.3, -0.25) is 9.59 Å². The summed E-state index contributed by atoms with van der Waals surface area (Å²) in [4.78, 5) is 38.9. The Morgan fingerprint density at radius 2 is 2.12 bits per heavy atom. The lowest BCUT2D eigenvalue weighted by molar-refractivity contribution is -0.137. The Bertz CT molecular complexity index is 706. The topological polar surface area (TPSA) is 75.7 Å². The molecule has 6 nitrogen and oxygen atoms in total. The molecule has 0 saturated carbocycles. The van der Waals surface area contributed by atoms with Gasteiger partial charge in [0, 0.05) is 17.5 Å². The van der Waals surface area contributed by atoms with Crippen molar-refractivity contribution in [1.82, 2.24) is 4.90 Å². The highest BCUT2D eigenvalue weighted by Gasteiger charge is 2.26. The highest BCUT2D eigenvalue weighted by atomic mass is 32.2. The van der Waals surface area contributed by atoms with Crippen LogP contribution in [0.1, 0.15) is 43.5 Å². The Balaban J connectivity index is 1.61.